The Kier molecular flexibility index (Phi) is 5.57. The molecule has 2 aromatic carbocycles. The standard InChI is InChI=1S/C19H13Cl2N3O2/c1-12-3-2-4-15(7-12)26-16-6-5-13(8-14(16)10-22)11-25-18-9-17(20)23-19(21)24-18/h2-9H,11H2,1H3. The number of aromatic nitrogens is 2. The van der Waals surface area contributed by atoms with Crippen molar-refractivity contribution in [2.75, 3.05) is 0 Å². The van der Waals surface area contributed by atoms with E-state index in [9.17, 15) is 5.26 Å². The zero-order valence-corrected chi connectivity index (χ0v) is 15.3. The van der Waals surface area contributed by atoms with Gasteiger partial charge in [-0.1, -0.05) is 29.8 Å². The summed E-state index contributed by atoms with van der Waals surface area (Å²) in [6, 6.07) is 16.5. The number of hydrogen-bond acceptors (Lipinski definition) is 5. The van der Waals surface area contributed by atoms with Crippen molar-refractivity contribution in [2.45, 2.75) is 13.5 Å². The van der Waals surface area contributed by atoms with E-state index in [1.807, 2.05) is 37.3 Å². The number of nitriles is 1. The summed E-state index contributed by atoms with van der Waals surface area (Å²) in [5.41, 5.74) is 2.27. The Hall–Kier alpha value is -2.81. The highest BCUT2D eigenvalue weighted by Crippen LogP contribution is 2.27. The molecule has 3 rings (SSSR count). The van der Waals surface area contributed by atoms with Crippen LogP contribution in [-0.2, 0) is 6.61 Å². The topological polar surface area (TPSA) is 68.0 Å². The molecular formula is C19H13Cl2N3O2. The number of rotatable bonds is 5. The number of ether oxygens (including phenoxy) is 2. The van der Waals surface area contributed by atoms with Crippen molar-refractivity contribution in [1.82, 2.24) is 9.97 Å². The molecule has 3 aromatic rings. The lowest BCUT2D eigenvalue weighted by Crippen LogP contribution is -1.99. The van der Waals surface area contributed by atoms with Gasteiger partial charge in [-0.05, 0) is 53.9 Å². The summed E-state index contributed by atoms with van der Waals surface area (Å²) in [6.07, 6.45) is 0. The van der Waals surface area contributed by atoms with Gasteiger partial charge in [0, 0.05) is 6.07 Å². The number of aryl methyl sites for hydroxylation is 1. The summed E-state index contributed by atoms with van der Waals surface area (Å²) >= 11 is 11.6. The normalized spacial score (nSPS) is 10.2. The first-order chi connectivity index (χ1) is 12.5. The third-order valence-corrected chi connectivity index (χ3v) is 3.78. The van der Waals surface area contributed by atoms with E-state index in [4.69, 9.17) is 32.7 Å². The van der Waals surface area contributed by atoms with Crippen LogP contribution in [0, 0.1) is 18.3 Å². The number of nitrogens with zero attached hydrogens (tertiary/aromatic N) is 3. The molecule has 0 spiro atoms. The quantitative estimate of drug-likeness (QED) is 0.438. The average Bonchev–Trinajstić information content (AvgIpc) is 2.60. The molecule has 5 nitrogen and oxygen atoms in total. The van der Waals surface area contributed by atoms with Crippen LogP contribution in [-0.4, -0.2) is 9.97 Å². The van der Waals surface area contributed by atoms with Crippen LogP contribution in [0.3, 0.4) is 0 Å². The fourth-order valence-electron chi connectivity index (χ4n) is 2.25. The fourth-order valence-corrected chi connectivity index (χ4v) is 2.64. The molecule has 0 amide bonds. The molecule has 130 valence electrons. The van der Waals surface area contributed by atoms with Crippen molar-refractivity contribution in [2.24, 2.45) is 0 Å². The summed E-state index contributed by atoms with van der Waals surface area (Å²) in [5, 5.41) is 9.61. The minimum Gasteiger partial charge on any atom is -0.473 e. The van der Waals surface area contributed by atoms with E-state index in [1.165, 1.54) is 6.07 Å². The predicted molar refractivity (Wildman–Crippen MR) is 98.8 cm³/mol. The maximum absolute atomic E-state index is 9.41. The summed E-state index contributed by atoms with van der Waals surface area (Å²) in [7, 11) is 0. The second-order valence-electron chi connectivity index (χ2n) is 5.45. The largest absolute Gasteiger partial charge is 0.473 e. The Labute approximate surface area is 160 Å². The van der Waals surface area contributed by atoms with Gasteiger partial charge in [-0.2, -0.15) is 10.2 Å². The molecule has 0 aliphatic rings. The number of hydrogen-bond donors (Lipinski definition) is 0. The van der Waals surface area contributed by atoms with Crippen molar-refractivity contribution in [1.29, 1.82) is 5.26 Å². The lowest BCUT2D eigenvalue weighted by atomic mass is 10.1. The van der Waals surface area contributed by atoms with Gasteiger partial charge in [0.15, 0.2) is 0 Å². The maximum atomic E-state index is 9.41. The second-order valence-corrected chi connectivity index (χ2v) is 6.17. The van der Waals surface area contributed by atoms with Crippen LogP contribution >= 0.6 is 23.2 Å². The first-order valence-corrected chi connectivity index (χ1v) is 8.39. The van der Waals surface area contributed by atoms with Gasteiger partial charge in [-0.15, -0.1) is 0 Å². The Morgan fingerprint density at radius 3 is 2.65 bits per heavy atom. The van der Waals surface area contributed by atoms with Crippen LogP contribution in [0.1, 0.15) is 16.7 Å². The Morgan fingerprint density at radius 1 is 1.08 bits per heavy atom. The minimum absolute atomic E-state index is 0.00659. The molecule has 0 saturated heterocycles. The molecule has 1 aromatic heterocycles. The van der Waals surface area contributed by atoms with Gasteiger partial charge in [0.25, 0.3) is 0 Å². The molecule has 0 N–H and O–H groups in total. The fraction of sp³-hybridized carbons (Fsp3) is 0.105. The third-order valence-electron chi connectivity index (χ3n) is 3.41. The highest BCUT2D eigenvalue weighted by Gasteiger charge is 2.08. The van der Waals surface area contributed by atoms with Gasteiger partial charge in [0.2, 0.25) is 11.2 Å². The summed E-state index contributed by atoms with van der Waals surface area (Å²) in [6.45, 7) is 2.17. The van der Waals surface area contributed by atoms with Crippen LogP contribution in [0.2, 0.25) is 10.4 Å². The van der Waals surface area contributed by atoms with E-state index in [0.29, 0.717) is 17.1 Å². The van der Waals surface area contributed by atoms with Crippen LogP contribution < -0.4 is 9.47 Å². The monoisotopic (exact) mass is 385 g/mol. The molecule has 0 saturated carbocycles. The zero-order valence-electron chi connectivity index (χ0n) is 13.7. The average molecular weight is 386 g/mol. The van der Waals surface area contributed by atoms with E-state index in [1.54, 1.807) is 12.1 Å². The molecule has 26 heavy (non-hydrogen) atoms. The van der Waals surface area contributed by atoms with Gasteiger partial charge in [0.1, 0.15) is 29.3 Å². The van der Waals surface area contributed by atoms with Crippen molar-refractivity contribution in [3.8, 4) is 23.4 Å². The molecule has 0 atom stereocenters. The van der Waals surface area contributed by atoms with Gasteiger partial charge in [-0.3, -0.25) is 0 Å². The first-order valence-electron chi connectivity index (χ1n) is 7.64. The zero-order chi connectivity index (χ0) is 18.5. The van der Waals surface area contributed by atoms with E-state index in [2.05, 4.69) is 16.0 Å². The number of halogens is 2. The molecule has 0 bridgehead atoms. The van der Waals surface area contributed by atoms with E-state index in [-0.39, 0.29) is 22.9 Å². The Morgan fingerprint density at radius 2 is 1.92 bits per heavy atom. The van der Waals surface area contributed by atoms with E-state index < -0.39 is 0 Å². The second kappa shape index (κ2) is 8.05. The van der Waals surface area contributed by atoms with Gasteiger partial charge in [0.05, 0.1) is 5.56 Å². The molecule has 1 heterocycles. The van der Waals surface area contributed by atoms with Crippen molar-refractivity contribution < 1.29 is 9.47 Å². The highest BCUT2D eigenvalue weighted by atomic mass is 35.5. The third kappa shape index (κ3) is 4.63. The summed E-state index contributed by atoms with van der Waals surface area (Å²) in [4.78, 5) is 7.69. The summed E-state index contributed by atoms with van der Waals surface area (Å²) in [5.74, 6) is 1.42. The van der Waals surface area contributed by atoms with Crippen molar-refractivity contribution in [3.63, 3.8) is 0 Å². The molecule has 7 heteroatoms. The lowest BCUT2D eigenvalue weighted by Gasteiger charge is -2.10. The summed E-state index contributed by atoms with van der Waals surface area (Å²) < 4.78 is 11.4. The van der Waals surface area contributed by atoms with E-state index >= 15 is 0 Å². The lowest BCUT2D eigenvalue weighted by molar-refractivity contribution is 0.293. The highest BCUT2D eigenvalue weighted by molar-refractivity contribution is 6.31. The first kappa shape index (κ1) is 18.0. The van der Waals surface area contributed by atoms with Crippen LogP contribution in [0.4, 0.5) is 0 Å². The molecule has 0 aliphatic heterocycles. The van der Waals surface area contributed by atoms with Gasteiger partial charge >= 0.3 is 0 Å². The Balaban J connectivity index is 1.75. The number of benzene rings is 2. The SMILES string of the molecule is Cc1cccc(Oc2ccc(COc3cc(Cl)nc(Cl)n3)cc2C#N)c1. The molecule has 0 aliphatic carbocycles. The molecule has 0 fully saturated rings. The minimum atomic E-state index is 0.00659. The van der Waals surface area contributed by atoms with Gasteiger partial charge < -0.3 is 9.47 Å². The van der Waals surface area contributed by atoms with Crippen molar-refractivity contribution in [3.05, 3.63) is 75.7 Å². The van der Waals surface area contributed by atoms with E-state index in [0.717, 1.165) is 11.1 Å². The Bertz CT molecular complexity index is 967. The molecular weight excluding hydrogens is 373 g/mol. The van der Waals surface area contributed by atoms with Crippen LogP contribution in [0.5, 0.6) is 17.4 Å². The van der Waals surface area contributed by atoms with Gasteiger partial charge in [-0.25, -0.2) is 4.98 Å². The smallest absolute Gasteiger partial charge is 0.227 e. The van der Waals surface area contributed by atoms with Crippen LogP contribution in [0.25, 0.3) is 0 Å². The maximum Gasteiger partial charge on any atom is 0.227 e. The molecule has 0 unspecified atom stereocenters. The molecule has 0 radical (unpaired) electrons. The van der Waals surface area contributed by atoms with Crippen LogP contribution in [0.15, 0.2) is 48.5 Å². The predicted octanol–water partition coefficient (Wildman–Crippen LogP) is 5.33. The van der Waals surface area contributed by atoms with Crippen molar-refractivity contribution >= 4 is 23.2 Å².